The van der Waals surface area contributed by atoms with Crippen LogP contribution in [0, 0.1) is 0 Å². The van der Waals surface area contributed by atoms with Gasteiger partial charge in [-0.15, -0.1) is 0 Å². The van der Waals surface area contributed by atoms with E-state index >= 15 is 0 Å². The molecule has 3 amide bonds. The Kier molecular flexibility index (Phi) is 6.29. The number of anilines is 1. The Balaban J connectivity index is 1.12. The molecule has 4 rings (SSSR count). The second-order valence-electron chi connectivity index (χ2n) is 7.69. The fourth-order valence-electron chi connectivity index (χ4n) is 3.98. The fraction of sp³-hybridized carbons (Fsp3) is 0.571. The highest BCUT2D eigenvalue weighted by Crippen LogP contribution is 2.26. The molecular weight excluding hydrogens is 370 g/mol. The molecule has 0 bridgehead atoms. The molecule has 1 aromatic carbocycles. The lowest BCUT2D eigenvalue weighted by Crippen LogP contribution is -2.39. The maximum atomic E-state index is 12.5. The third-order valence-electron chi connectivity index (χ3n) is 5.58. The zero-order valence-electron chi connectivity index (χ0n) is 16.7. The number of unbranched alkanes of at least 4 members (excludes halogenated alkanes) is 2. The summed E-state index contributed by atoms with van der Waals surface area (Å²) >= 11 is 0. The van der Waals surface area contributed by atoms with Gasteiger partial charge in [-0.25, -0.2) is 9.78 Å². The predicted molar refractivity (Wildman–Crippen MR) is 111 cm³/mol. The van der Waals surface area contributed by atoms with Crippen LogP contribution in [0.2, 0.25) is 0 Å². The second-order valence-corrected chi connectivity index (χ2v) is 7.69. The van der Waals surface area contributed by atoms with E-state index in [9.17, 15) is 9.59 Å². The van der Waals surface area contributed by atoms with E-state index in [1.165, 1.54) is 0 Å². The molecule has 1 atom stereocenters. The van der Waals surface area contributed by atoms with Gasteiger partial charge in [0.1, 0.15) is 0 Å². The Hall–Kier alpha value is -2.61. The van der Waals surface area contributed by atoms with Gasteiger partial charge >= 0.3 is 6.03 Å². The van der Waals surface area contributed by atoms with Crippen molar-refractivity contribution < 1.29 is 14.3 Å². The highest BCUT2D eigenvalue weighted by atomic mass is 16.5. The summed E-state index contributed by atoms with van der Waals surface area (Å²) in [5, 5.41) is 5.92. The molecule has 1 aromatic heterocycles. The normalized spacial score (nSPS) is 18.2. The number of nitrogens with zero attached hydrogens (tertiary/aromatic N) is 3. The molecule has 8 heteroatoms. The van der Waals surface area contributed by atoms with Crippen LogP contribution in [0.1, 0.15) is 38.5 Å². The number of hydrogen-bond acceptors (Lipinski definition) is 4. The lowest BCUT2D eigenvalue weighted by Gasteiger charge is -2.15. The Labute approximate surface area is 170 Å². The van der Waals surface area contributed by atoms with Crippen LogP contribution in [-0.4, -0.2) is 53.8 Å². The lowest BCUT2D eigenvalue weighted by molar-refractivity contribution is -0.121. The molecule has 29 heavy (non-hydrogen) atoms. The summed E-state index contributed by atoms with van der Waals surface area (Å²) in [7, 11) is 0. The Bertz CT molecular complexity index is 859. The van der Waals surface area contributed by atoms with Crippen LogP contribution in [0.15, 0.2) is 24.3 Å². The summed E-state index contributed by atoms with van der Waals surface area (Å²) in [6, 6.07) is 7.84. The van der Waals surface area contributed by atoms with Gasteiger partial charge in [0.05, 0.1) is 17.1 Å². The number of ether oxygens (including phenoxy) is 1. The summed E-state index contributed by atoms with van der Waals surface area (Å²) in [6.07, 6.45) is 5.42. The van der Waals surface area contributed by atoms with Crippen molar-refractivity contribution in [3.8, 4) is 0 Å². The third-order valence-corrected chi connectivity index (χ3v) is 5.58. The van der Waals surface area contributed by atoms with E-state index in [-0.39, 0.29) is 18.0 Å². The summed E-state index contributed by atoms with van der Waals surface area (Å²) < 4.78 is 7.59. The van der Waals surface area contributed by atoms with E-state index in [1.807, 2.05) is 24.3 Å². The van der Waals surface area contributed by atoms with Crippen molar-refractivity contribution in [3.05, 3.63) is 24.3 Å². The quantitative estimate of drug-likeness (QED) is 0.667. The van der Waals surface area contributed by atoms with E-state index in [4.69, 9.17) is 4.74 Å². The van der Waals surface area contributed by atoms with Gasteiger partial charge in [-0.05, 0) is 37.8 Å². The molecule has 0 spiro atoms. The molecule has 156 valence electrons. The van der Waals surface area contributed by atoms with Crippen LogP contribution < -0.4 is 15.5 Å². The van der Waals surface area contributed by atoms with Crippen LogP contribution in [0.4, 0.5) is 10.7 Å². The van der Waals surface area contributed by atoms with E-state index in [1.54, 1.807) is 4.90 Å². The number of para-hydroxylation sites is 2. The van der Waals surface area contributed by atoms with Crippen molar-refractivity contribution in [2.45, 2.75) is 51.2 Å². The third kappa shape index (κ3) is 4.70. The van der Waals surface area contributed by atoms with Gasteiger partial charge in [-0.2, -0.15) is 0 Å². The minimum absolute atomic E-state index is 0.0838. The molecule has 1 fully saturated rings. The molecule has 0 saturated carbocycles. The maximum Gasteiger partial charge on any atom is 0.324 e. The number of fused-ring (bicyclic) bond motifs is 3. The monoisotopic (exact) mass is 399 g/mol. The number of carbonyl (C=O) groups excluding carboxylic acids is 2. The smallest absolute Gasteiger partial charge is 0.324 e. The van der Waals surface area contributed by atoms with Crippen LogP contribution in [0.5, 0.6) is 0 Å². The average Bonchev–Trinajstić information content (AvgIpc) is 3.45. The number of urea groups is 1. The van der Waals surface area contributed by atoms with Gasteiger partial charge in [0.25, 0.3) is 0 Å². The number of rotatable bonds is 8. The minimum atomic E-state index is -0.103. The largest absolute Gasteiger partial charge is 0.376 e. The highest BCUT2D eigenvalue weighted by Gasteiger charge is 2.27. The maximum absolute atomic E-state index is 12.5. The lowest BCUT2D eigenvalue weighted by atomic mass is 10.2. The number of nitrogens with one attached hydrogen (secondary N) is 2. The molecular formula is C21H29N5O3. The fourth-order valence-corrected chi connectivity index (χ4v) is 3.98. The number of amides is 3. The summed E-state index contributed by atoms with van der Waals surface area (Å²) in [4.78, 5) is 30.7. The molecule has 2 aliphatic heterocycles. The Morgan fingerprint density at radius 2 is 2.03 bits per heavy atom. The topological polar surface area (TPSA) is 88.5 Å². The molecule has 0 unspecified atom stereocenters. The van der Waals surface area contributed by atoms with Crippen LogP contribution in [0.25, 0.3) is 11.0 Å². The van der Waals surface area contributed by atoms with Crippen molar-refractivity contribution in [2.24, 2.45) is 0 Å². The number of imidazole rings is 1. The number of carbonyl (C=O) groups is 2. The standard InChI is InChI=1S/C21H29N5O3/c27-19(23-15-16-7-6-14-29-16)10-2-1-5-11-22-21(28)26-13-12-25-18-9-4-3-8-17(18)24-20(25)26/h3-4,8-9,16H,1-2,5-7,10-15H2,(H,22,28)(H,23,27)/t16-/m1/s1. The van der Waals surface area contributed by atoms with Crippen molar-refractivity contribution >= 4 is 28.9 Å². The average molecular weight is 399 g/mol. The van der Waals surface area contributed by atoms with Gasteiger partial charge in [-0.1, -0.05) is 18.6 Å². The summed E-state index contributed by atoms with van der Waals surface area (Å²) in [5.41, 5.74) is 1.98. The van der Waals surface area contributed by atoms with Gasteiger partial charge in [0.2, 0.25) is 11.9 Å². The zero-order valence-corrected chi connectivity index (χ0v) is 16.7. The van der Waals surface area contributed by atoms with Gasteiger partial charge in [0.15, 0.2) is 0 Å². The minimum Gasteiger partial charge on any atom is -0.376 e. The van der Waals surface area contributed by atoms with Crippen molar-refractivity contribution in [2.75, 3.05) is 31.1 Å². The summed E-state index contributed by atoms with van der Waals surface area (Å²) in [5.74, 6) is 0.798. The first-order chi connectivity index (χ1) is 14.2. The highest BCUT2D eigenvalue weighted by molar-refractivity contribution is 5.93. The molecule has 2 aliphatic rings. The van der Waals surface area contributed by atoms with Gasteiger partial charge < -0.3 is 19.9 Å². The Morgan fingerprint density at radius 1 is 1.14 bits per heavy atom. The van der Waals surface area contributed by atoms with Gasteiger partial charge in [-0.3, -0.25) is 9.69 Å². The summed E-state index contributed by atoms with van der Waals surface area (Å²) in [6.45, 7) is 3.44. The number of hydrogen-bond donors (Lipinski definition) is 2. The van der Waals surface area contributed by atoms with E-state index in [0.29, 0.717) is 32.0 Å². The molecule has 8 nitrogen and oxygen atoms in total. The second kappa shape index (κ2) is 9.26. The van der Waals surface area contributed by atoms with Gasteiger partial charge in [0, 0.05) is 39.2 Å². The predicted octanol–water partition coefficient (Wildman–Crippen LogP) is 2.42. The zero-order chi connectivity index (χ0) is 20.1. The molecule has 3 heterocycles. The molecule has 1 saturated heterocycles. The molecule has 0 aliphatic carbocycles. The SMILES string of the molecule is O=C(CCCCCNC(=O)N1CCn2c1nc1ccccc12)NC[C@H]1CCCO1. The van der Waals surface area contributed by atoms with Crippen molar-refractivity contribution in [1.29, 1.82) is 0 Å². The van der Waals surface area contributed by atoms with E-state index in [0.717, 1.165) is 56.3 Å². The van der Waals surface area contributed by atoms with E-state index < -0.39 is 0 Å². The number of benzene rings is 1. The molecule has 0 radical (unpaired) electrons. The van der Waals surface area contributed by atoms with Crippen LogP contribution in [-0.2, 0) is 16.1 Å². The first kappa shape index (κ1) is 19.7. The van der Waals surface area contributed by atoms with Crippen molar-refractivity contribution in [1.82, 2.24) is 20.2 Å². The van der Waals surface area contributed by atoms with Crippen molar-refractivity contribution in [3.63, 3.8) is 0 Å². The first-order valence-corrected chi connectivity index (χ1v) is 10.6. The van der Waals surface area contributed by atoms with E-state index in [2.05, 4.69) is 20.2 Å². The number of aromatic nitrogens is 2. The molecule has 2 N–H and O–H groups in total. The molecule has 2 aromatic rings. The Morgan fingerprint density at radius 3 is 2.90 bits per heavy atom. The van der Waals surface area contributed by atoms with Crippen LogP contribution >= 0.6 is 0 Å². The van der Waals surface area contributed by atoms with Crippen LogP contribution in [0.3, 0.4) is 0 Å². The first-order valence-electron chi connectivity index (χ1n) is 10.6.